The van der Waals surface area contributed by atoms with Gasteiger partial charge in [0.15, 0.2) is 0 Å². The van der Waals surface area contributed by atoms with Crippen molar-refractivity contribution >= 4 is 11.3 Å². The second-order valence-electron chi connectivity index (χ2n) is 4.55. The lowest BCUT2D eigenvalue weighted by atomic mass is 10.1. The van der Waals surface area contributed by atoms with E-state index in [0.717, 1.165) is 12.8 Å². The molecule has 0 radical (unpaired) electrons. The van der Waals surface area contributed by atoms with E-state index in [1.807, 2.05) is 11.3 Å². The molecular weight excluding hydrogens is 216 g/mol. The molecule has 1 aliphatic rings. The average molecular weight is 232 g/mol. The largest absolute Gasteiger partial charge is 0.332 e. The summed E-state index contributed by atoms with van der Waals surface area (Å²) in [4.78, 5) is 6.15. The Morgan fingerprint density at radius 1 is 1.56 bits per heavy atom. The molecule has 3 heterocycles. The van der Waals surface area contributed by atoms with Gasteiger partial charge in [0.25, 0.3) is 0 Å². The summed E-state index contributed by atoms with van der Waals surface area (Å²) in [5, 5.41) is 2.13. The van der Waals surface area contributed by atoms with Crippen molar-refractivity contribution in [2.75, 3.05) is 0 Å². The first-order valence-electron chi connectivity index (χ1n) is 5.92. The second-order valence-corrected chi connectivity index (χ2v) is 5.59. The van der Waals surface area contributed by atoms with E-state index in [1.165, 1.54) is 29.2 Å². The number of thiophene rings is 1. The zero-order chi connectivity index (χ0) is 11.0. The highest BCUT2D eigenvalue weighted by Gasteiger charge is 2.17. The molecule has 0 fully saturated rings. The molecule has 16 heavy (non-hydrogen) atoms. The Morgan fingerprint density at radius 3 is 3.25 bits per heavy atom. The maximum Gasteiger partial charge on any atom is 0.109 e. The number of hydrogen-bond acceptors (Lipinski definition) is 2. The monoisotopic (exact) mass is 232 g/mol. The molecule has 1 atom stereocenters. The maximum atomic E-state index is 4.75. The minimum Gasteiger partial charge on any atom is -0.332 e. The van der Waals surface area contributed by atoms with Gasteiger partial charge in [-0.15, -0.1) is 11.3 Å². The van der Waals surface area contributed by atoms with Crippen molar-refractivity contribution in [3.8, 4) is 0 Å². The second kappa shape index (κ2) is 4.06. The molecule has 0 saturated carbocycles. The molecule has 84 valence electrons. The van der Waals surface area contributed by atoms with Crippen molar-refractivity contribution in [3.05, 3.63) is 40.1 Å². The Hall–Kier alpha value is -1.09. The van der Waals surface area contributed by atoms with E-state index in [9.17, 15) is 0 Å². The van der Waals surface area contributed by atoms with Gasteiger partial charge in [-0.3, -0.25) is 0 Å². The zero-order valence-electron chi connectivity index (χ0n) is 9.52. The van der Waals surface area contributed by atoms with Crippen LogP contribution < -0.4 is 0 Å². The highest BCUT2D eigenvalue weighted by Crippen LogP contribution is 2.25. The van der Waals surface area contributed by atoms with Gasteiger partial charge in [0.2, 0.25) is 0 Å². The van der Waals surface area contributed by atoms with E-state index in [1.54, 1.807) is 0 Å². The molecule has 3 rings (SSSR count). The summed E-state index contributed by atoms with van der Waals surface area (Å²) in [5.41, 5.74) is 1.23. The van der Waals surface area contributed by atoms with Crippen LogP contribution in [0.2, 0.25) is 0 Å². The molecule has 0 spiro atoms. The van der Waals surface area contributed by atoms with Crippen LogP contribution >= 0.6 is 11.3 Å². The van der Waals surface area contributed by atoms with E-state index in [-0.39, 0.29) is 0 Å². The third-order valence-electron chi connectivity index (χ3n) is 3.29. The first kappa shape index (κ1) is 10.1. The maximum absolute atomic E-state index is 4.75. The smallest absolute Gasteiger partial charge is 0.109 e. The van der Waals surface area contributed by atoms with Gasteiger partial charge in [-0.1, -0.05) is 6.07 Å². The van der Waals surface area contributed by atoms with Gasteiger partial charge in [0, 0.05) is 30.0 Å². The predicted molar refractivity (Wildman–Crippen MR) is 67.0 cm³/mol. The highest BCUT2D eigenvalue weighted by molar-refractivity contribution is 7.09. The van der Waals surface area contributed by atoms with Gasteiger partial charge in [-0.25, -0.2) is 4.98 Å². The Morgan fingerprint density at radius 2 is 2.50 bits per heavy atom. The summed E-state index contributed by atoms with van der Waals surface area (Å²) in [6, 6.07) is 4.93. The van der Waals surface area contributed by atoms with Crippen molar-refractivity contribution < 1.29 is 0 Å². The predicted octanol–water partition coefficient (Wildman–Crippen LogP) is 3.43. The number of nitrogens with zero attached hydrogens (tertiary/aromatic N) is 2. The highest BCUT2D eigenvalue weighted by atomic mass is 32.1. The van der Waals surface area contributed by atoms with E-state index in [4.69, 9.17) is 4.98 Å². The van der Waals surface area contributed by atoms with Crippen molar-refractivity contribution in [2.24, 2.45) is 0 Å². The number of imidazole rings is 1. The number of fused-ring (bicyclic) bond motifs is 1. The molecule has 0 bridgehead atoms. The summed E-state index contributed by atoms with van der Waals surface area (Å²) in [5.74, 6) is 1.28. The van der Waals surface area contributed by atoms with Crippen LogP contribution in [0.4, 0.5) is 0 Å². The number of aryl methyl sites for hydroxylation is 1. The fraction of sp³-hybridized carbons (Fsp3) is 0.462. The van der Waals surface area contributed by atoms with Crippen LogP contribution in [0.5, 0.6) is 0 Å². The van der Waals surface area contributed by atoms with Gasteiger partial charge in [-0.2, -0.15) is 0 Å². The summed E-state index contributed by atoms with van der Waals surface area (Å²) in [6.07, 6.45) is 6.97. The third-order valence-corrected chi connectivity index (χ3v) is 4.17. The van der Waals surface area contributed by atoms with Crippen molar-refractivity contribution in [3.63, 3.8) is 0 Å². The molecule has 1 aliphatic heterocycles. The quantitative estimate of drug-likeness (QED) is 0.775. The molecule has 0 N–H and O–H groups in total. The van der Waals surface area contributed by atoms with E-state index >= 15 is 0 Å². The van der Waals surface area contributed by atoms with Crippen LogP contribution in [-0.2, 0) is 12.8 Å². The number of hydrogen-bond donors (Lipinski definition) is 0. The fourth-order valence-electron chi connectivity index (χ4n) is 2.43. The van der Waals surface area contributed by atoms with Crippen LogP contribution in [-0.4, -0.2) is 9.55 Å². The summed E-state index contributed by atoms with van der Waals surface area (Å²) in [7, 11) is 0. The Balaban J connectivity index is 1.87. The SMILES string of the molecule is CC1CCCc2nc(Cc3cccs3)cn21. The van der Waals surface area contributed by atoms with E-state index in [0.29, 0.717) is 6.04 Å². The zero-order valence-corrected chi connectivity index (χ0v) is 10.3. The topological polar surface area (TPSA) is 17.8 Å². The molecule has 2 aromatic rings. The molecule has 0 amide bonds. The molecule has 2 nitrogen and oxygen atoms in total. The first-order valence-corrected chi connectivity index (χ1v) is 6.80. The molecule has 1 unspecified atom stereocenters. The van der Waals surface area contributed by atoms with Gasteiger partial charge in [-0.05, 0) is 31.2 Å². The van der Waals surface area contributed by atoms with Crippen molar-refractivity contribution in [2.45, 2.75) is 38.6 Å². The first-order chi connectivity index (χ1) is 7.83. The van der Waals surface area contributed by atoms with Crippen LogP contribution in [0.25, 0.3) is 0 Å². The minimum atomic E-state index is 0.633. The Kier molecular flexibility index (Phi) is 2.56. The lowest BCUT2D eigenvalue weighted by Gasteiger charge is -2.20. The van der Waals surface area contributed by atoms with Crippen LogP contribution in [0, 0.1) is 0 Å². The lowest BCUT2D eigenvalue weighted by molar-refractivity contribution is 0.425. The van der Waals surface area contributed by atoms with Crippen LogP contribution in [0.3, 0.4) is 0 Å². The number of aromatic nitrogens is 2. The lowest BCUT2D eigenvalue weighted by Crippen LogP contribution is -2.14. The van der Waals surface area contributed by atoms with E-state index in [2.05, 4.69) is 35.2 Å². The molecule has 2 aromatic heterocycles. The summed E-state index contributed by atoms with van der Waals surface area (Å²) >= 11 is 1.82. The Labute approximate surface area is 100.0 Å². The van der Waals surface area contributed by atoms with Crippen molar-refractivity contribution in [1.29, 1.82) is 0 Å². The molecule has 0 aliphatic carbocycles. The summed E-state index contributed by atoms with van der Waals surface area (Å²) in [6.45, 7) is 2.29. The van der Waals surface area contributed by atoms with Gasteiger partial charge in [0.05, 0.1) is 5.69 Å². The normalized spacial score (nSPS) is 19.7. The third kappa shape index (κ3) is 1.80. The van der Waals surface area contributed by atoms with Crippen molar-refractivity contribution in [1.82, 2.24) is 9.55 Å². The fourth-order valence-corrected chi connectivity index (χ4v) is 3.15. The molecular formula is C13H16N2S. The van der Waals surface area contributed by atoms with Crippen LogP contribution in [0.1, 0.15) is 42.2 Å². The summed E-state index contributed by atoms with van der Waals surface area (Å²) < 4.78 is 2.37. The Bertz CT molecular complexity index is 470. The number of rotatable bonds is 2. The molecule has 3 heteroatoms. The molecule has 0 saturated heterocycles. The van der Waals surface area contributed by atoms with Gasteiger partial charge >= 0.3 is 0 Å². The molecule has 0 aromatic carbocycles. The van der Waals surface area contributed by atoms with E-state index < -0.39 is 0 Å². The van der Waals surface area contributed by atoms with Gasteiger partial charge in [0.1, 0.15) is 5.82 Å². The van der Waals surface area contributed by atoms with Gasteiger partial charge < -0.3 is 4.57 Å². The standard InChI is InChI=1S/C13H16N2S/c1-10-4-2-6-13-14-11(9-15(10)13)8-12-5-3-7-16-12/h3,5,7,9-10H,2,4,6,8H2,1H3. The minimum absolute atomic E-state index is 0.633. The average Bonchev–Trinajstić information content (AvgIpc) is 2.88. The van der Waals surface area contributed by atoms with Crippen LogP contribution in [0.15, 0.2) is 23.7 Å².